The quantitative estimate of drug-likeness (QED) is 0.598. The number of fused-ring (bicyclic) bond motifs is 2. The molecule has 132 valence electrons. The van der Waals surface area contributed by atoms with Crippen molar-refractivity contribution in [2.75, 3.05) is 19.0 Å². The maximum Gasteiger partial charge on any atom is 0.202 e. The molecule has 0 amide bonds. The summed E-state index contributed by atoms with van der Waals surface area (Å²) in [5.74, 6) is 1.80. The number of hydrogen-bond acceptors (Lipinski definition) is 8. The van der Waals surface area contributed by atoms with E-state index < -0.39 is 12.2 Å². The number of aliphatic hydroxyl groups is 2. The van der Waals surface area contributed by atoms with Crippen LogP contribution in [0.4, 0.5) is 11.5 Å². The third-order valence-corrected chi connectivity index (χ3v) is 6.17. The van der Waals surface area contributed by atoms with Gasteiger partial charge in [-0.25, -0.2) is 0 Å². The average Bonchev–Trinajstić information content (AvgIpc) is 2.95. The van der Waals surface area contributed by atoms with Gasteiger partial charge < -0.3 is 29.6 Å². The van der Waals surface area contributed by atoms with Gasteiger partial charge in [0.15, 0.2) is 17.3 Å². The Bertz CT molecular complexity index is 860. The lowest BCUT2D eigenvalue weighted by atomic mass is 10.1. The number of nitrogens with one attached hydrogen (secondary N) is 1. The first-order valence-corrected chi connectivity index (χ1v) is 9.11. The van der Waals surface area contributed by atoms with Gasteiger partial charge in [-0.2, -0.15) is 4.98 Å². The molecule has 2 aliphatic rings. The number of aromatic nitrogens is 2. The summed E-state index contributed by atoms with van der Waals surface area (Å²) in [6, 6.07) is 7.57. The summed E-state index contributed by atoms with van der Waals surface area (Å²) in [7, 11) is 1.53. The number of aliphatic hydroxyl groups excluding tert-OH is 2. The number of anilines is 2. The van der Waals surface area contributed by atoms with E-state index in [2.05, 4.69) is 10.3 Å². The molecule has 4 rings (SSSR count). The highest BCUT2D eigenvalue weighted by Gasteiger charge is 2.44. The Labute approximate surface area is 153 Å². The SMILES string of the molecule is COC1C(O)[C@@H](CO)S[C@H]1n1cc2c(nc1=S)Nc1ccccc1O2. The number of thioether (sulfide) groups is 1. The molecule has 3 N–H and O–H groups in total. The third-order valence-electron chi connectivity index (χ3n) is 4.32. The van der Waals surface area contributed by atoms with Crippen molar-refractivity contribution in [1.29, 1.82) is 0 Å². The molecule has 0 saturated carbocycles. The average molecular weight is 379 g/mol. The molecule has 9 heteroatoms. The first kappa shape index (κ1) is 16.8. The van der Waals surface area contributed by atoms with Gasteiger partial charge in [-0.3, -0.25) is 0 Å². The minimum Gasteiger partial charge on any atom is -0.450 e. The molecule has 0 spiro atoms. The van der Waals surface area contributed by atoms with Gasteiger partial charge in [0.25, 0.3) is 0 Å². The van der Waals surface area contributed by atoms with Gasteiger partial charge in [0.1, 0.15) is 11.5 Å². The number of methoxy groups -OCH3 is 1. The lowest BCUT2D eigenvalue weighted by molar-refractivity contribution is -0.0187. The van der Waals surface area contributed by atoms with Crippen molar-refractivity contribution in [3.05, 3.63) is 35.2 Å². The molecule has 2 aromatic rings. The second-order valence-electron chi connectivity index (χ2n) is 5.81. The Morgan fingerprint density at radius 2 is 2.20 bits per heavy atom. The standard InChI is InChI=1S/C16H17N3O4S2/c1-22-13-12(21)11(7-20)25-15(13)19-6-10-14(18-16(19)24)17-8-4-2-3-5-9(8)23-10/h2-6,11-13,15,20-21H,7H2,1H3,(H,17,18,24)/t11-,12?,13?,15-/m1/s1. The summed E-state index contributed by atoms with van der Waals surface area (Å²) < 4.78 is 13.5. The molecule has 1 saturated heterocycles. The van der Waals surface area contributed by atoms with Crippen LogP contribution in [-0.2, 0) is 4.74 Å². The van der Waals surface area contributed by atoms with E-state index in [1.54, 1.807) is 10.8 Å². The first-order chi connectivity index (χ1) is 12.1. The summed E-state index contributed by atoms with van der Waals surface area (Å²) in [5, 5.41) is 22.4. The van der Waals surface area contributed by atoms with Gasteiger partial charge in [0.2, 0.25) is 4.77 Å². The smallest absolute Gasteiger partial charge is 0.202 e. The number of para-hydroxylation sites is 2. The number of hydrogen-bond donors (Lipinski definition) is 3. The van der Waals surface area contributed by atoms with E-state index in [0.29, 0.717) is 22.1 Å². The van der Waals surface area contributed by atoms with Crippen molar-refractivity contribution in [3.63, 3.8) is 0 Å². The van der Waals surface area contributed by atoms with Crippen LogP contribution >= 0.6 is 24.0 Å². The zero-order chi connectivity index (χ0) is 17.6. The monoisotopic (exact) mass is 379 g/mol. The minimum absolute atomic E-state index is 0.140. The molecule has 4 atom stereocenters. The molecule has 0 bridgehead atoms. The molecule has 3 heterocycles. The summed E-state index contributed by atoms with van der Waals surface area (Å²) in [6.07, 6.45) is 0.476. The van der Waals surface area contributed by atoms with Crippen molar-refractivity contribution in [3.8, 4) is 11.5 Å². The second-order valence-corrected chi connectivity index (χ2v) is 7.53. The highest BCUT2D eigenvalue weighted by Crippen LogP contribution is 2.46. The van der Waals surface area contributed by atoms with Gasteiger partial charge in [-0.1, -0.05) is 12.1 Å². The van der Waals surface area contributed by atoms with Gasteiger partial charge >= 0.3 is 0 Å². The van der Waals surface area contributed by atoms with Gasteiger partial charge in [-0.15, -0.1) is 11.8 Å². The Kier molecular flexibility index (Phi) is 4.42. The lowest BCUT2D eigenvalue weighted by Crippen LogP contribution is -2.34. The van der Waals surface area contributed by atoms with E-state index in [9.17, 15) is 10.2 Å². The topological polar surface area (TPSA) is 88.8 Å². The fourth-order valence-electron chi connectivity index (χ4n) is 3.05. The summed E-state index contributed by atoms with van der Waals surface area (Å²) >= 11 is 6.84. The number of ether oxygens (including phenoxy) is 2. The van der Waals surface area contributed by atoms with Crippen molar-refractivity contribution < 1.29 is 19.7 Å². The molecule has 0 radical (unpaired) electrons. The van der Waals surface area contributed by atoms with E-state index in [-0.39, 0.29) is 17.2 Å². The zero-order valence-electron chi connectivity index (χ0n) is 13.3. The molecule has 7 nitrogen and oxygen atoms in total. The summed E-state index contributed by atoms with van der Waals surface area (Å²) in [5.41, 5.74) is 0.829. The molecular formula is C16H17N3O4S2. The van der Waals surface area contributed by atoms with Gasteiger partial charge in [0.05, 0.1) is 29.8 Å². The maximum absolute atomic E-state index is 10.3. The fraction of sp³-hybridized carbons (Fsp3) is 0.375. The van der Waals surface area contributed by atoms with Crippen molar-refractivity contribution in [1.82, 2.24) is 9.55 Å². The summed E-state index contributed by atoms with van der Waals surface area (Å²) in [6.45, 7) is -0.140. The largest absolute Gasteiger partial charge is 0.450 e. The Morgan fingerprint density at radius 1 is 1.40 bits per heavy atom. The van der Waals surface area contributed by atoms with Crippen LogP contribution in [0, 0.1) is 4.77 Å². The molecular weight excluding hydrogens is 362 g/mol. The van der Waals surface area contributed by atoms with Crippen molar-refractivity contribution in [2.24, 2.45) is 0 Å². The van der Waals surface area contributed by atoms with Crippen LogP contribution in [0.1, 0.15) is 5.37 Å². The molecule has 2 aliphatic heterocycles. The normalized spacial score (nSPS) is 27.2. The Hall–Kier alpha value is -1.65. The molecule has 2 unspecified atom stereocenters. The first-order valence-electron chi connectivity index (χ1n) is 7.76. The highest BCUT2D eigenvalue weighted by atomic mass is 32.2. The van der Waals surface area contributed by atoms with E-state index in [4.69, 9.17) is 21.7 Å². The molecule has 25 heavy (non-hydrogen) atoms. The van der Waals surface area contributed by atoms with Crippen LogP contribution in [-0.4, -0.2) is 50.9 Å². The van der Waals surface area contributed by atoms with Crippen LogP contribution < -0.4 is 10.1 Å². The molecule has 1 aromatic heterocycles. The van der Waals surface area contributed by atoms with Crippen LogP contribution in [0.15, 0.2) is 30.5 Å². The van der Waals surface area contributed by atoms with Crippen LogP contribution in [0.5, 0.6) is 11.5 Å². The maximum atomic E-state index is 10.3. The van der Waals surface area contributed by atoms with Crippen LogP contribution in [0.3, 0.4) is 0 Å². The van der Waals surface area contributed by atoms with Gasteiger partial charge in [-0.05, 0) is 24.4 Å². The van der Waals surface area contributed by atoms with E-state index in [0.717, 1.165) is 5.69 Å². The number of rotatable bonds is 3. The number of benzene rings is 1. The van der Waals surface area contributed by atoms with Crippen molar-refractivity contribution in [2.45, 2.75) is 22.8 Å². The van der Waals surface area contributed by atoms with E-state index >= 15 is 0 Å². The molecule has 0 aliphatic carbocycles. The van der Waals surface area contributed by atoms with E-state index in [1.807, 2.05) is 24.3 Å². The van der Waals surface area contributed by atoms with Crippen LogP contribution in [0.25, 0.3) is 0 Å². The van der Waals surface area contributed by atoms with Crippen LogP contribution in [0.2, 0.25) is 0 Å². The predicted molar refractivity (Wildman–Crippen MR) is 97.2 cm³/mol. The third kappa shape index (κ3) is 2.81. The lowest BCUT2D eigenvalue weighted by Gasteiger charge is -2.25. The molecule has 1 aromatic carbocycles. The minimum atomic E-state index is -0.789. The van der Waals surface area contributed by atoms with E-state index in [1.165, 1.54) is 18.9 Å². The van der Waals surface area contributed by atoms with Crippen molar-refractivity contribution >= 4 is 35.5 Å². The second kappa shape index (κ2) is 6.58. The van der Waals surface area contributed by atoms with Gasteiger partial charge in [0, 0.05) is 7.11 Å². The predicted octanol–water partition coefficient (Wildman–Crippen LogP) is 2.44. The zero-order valence-corrected chi connectivity index (χ0v) is 15.0. The fourth-order valence-corrected chi connectivity index (χ4v) is 4.85. The summed E-state index contributed by atoms with van der Waals surface area (Å²) in [4.78, 5) is 4.43. The Balaban J connectivity index is 1.72. The number of nitrogens with zero attached hydrogens (tertiary/aromatic N) is 2. The Morgan fingerprint density at radius 3 is 2.96 bits per heavy atom. The highest BCUT2D eigenvalue weighted by molar-refractivity contribution is 8.00. The molecule has 1 fully saturated rings.